The van der Waals surface area contributed by atoms with E-state index in [1.807, 2.05) is 73.7 Å². The normalized spacial score (nSPS) is 10.4. The largest absolute Gasteiger partial charge is 0.322 e. The van der Waals surface area contributed by atoms with Crippen LogP contribution < -0.4 is 5.32 Å². The van der Waals surface area contributed by atoms with Crippen LogP contribution in [0.25, 0.3) is 0 Å². The second-order valence-corrected chi connectivity index (χ2v) is 6.61. The molecule has 3 aromatic rings. The van der Waals surface area contributed by atoms with Crippen LogP contribution in [0.2, 0.25) is 0 Å². The van der Waals surface area contributed by atoms with Crippen LogP contribution in [-0.4, -0.2) is 5.91 Å². The monoisotopic (exact) mass is 333 g/mol. The van der Waals surface area contributed by atoms with Crippen molar-refractivity contribution in [1.82, 2.24) is 0 Å². The molecular weight excluding hydrogens is 314 g/mol. The van der Waals surface area contributed by atoms with Crippen LogP contribution in [-0.2, 0) is 5.75 Å². The molecule has 1 N–H and O–H groups in total. The lowest BCUT2D eigenvalue weighted by atomic mass is 10.2. The molecule has 0 aliphatic heterocycles. The van der Waals surface area contributed by atoms with E-state index >= 15 is 0 Å². The van der Waals surface area contributed by atoms with Crippen LogP contribution >= 0.6 is 11.8 Å². The molecule has 1 amide bonds. The second kappa shape index (κ2) is 7.84. The lowest BCUT2D eigenvalue weighted by Crippen LogP contribution is -2.13. The first-order valence-electron chi connectivity index (χ1n) is 7.86. The Kier molecular flexibility index (Phi) is 5.34. The zero-order valence-electron chi connectivity index (χ0n) is 13.5. The van der Waals surface area contributed by atoms with Crippen molar-refractivity contribution in [3.05, 3.63) is 95.6 Å². The number of thioether (sulfide) groups is 1. The molecule has 0 saturated heterocycles. The number of rotatable bonds is 5. The summed E-state index contributed by atoms with van der Waals surface area (Å²) in [5.74, 6) is 0.770. The first-order valence-corrected chi connectivity index (χ1v) is 8.85. The Labute approximate surface area is 146 Å². The van der Waals surface area contributed by atoms with E-state index < -0.39 is 0 Å². The summed E-state index contributed by atoms with van der Waals surface area (Å²) in [7, 11) is 0. The molecule has 0 fully saturated rings. The minimum atomic E-state index is -0.0724. The van der Waals surface area contributed by atoms with E-state index in [-0.39, 0.29) is 5.91 Å². The van der Waals surface area contributed by atoms with Crippen LogP contribution in [0.5, 0.6) is 0 Å². The van der Waals surface area contributed by atoms with Crippen molar-refractivity contribution < 1.29 is 4.79 Å². The quantitative estimate of drug-likeness (QED) is 0.621. The van der Waals surface area contributed by atoms with Crippen molar-refractivity contribution in [2.45, 2.75) is 17.6 Å². The number of benzene rings is 3. The molecule has 0 unspecified atom stereocenters. The molecule has 0 aromatic heterocycles. The Morgan fingerprint density at radius 1 is 0.917 bits per heavy atom. The summed E-state index contributed by atoms with van der Waals surface area (Å²) in [6.07, 6.45) is 0. The highest BCUT2D eigenvalue weighted by Gasteiger charge is 2.11. The van der Waals surface area contributed by atoms with Crippen molar-refractivity contribution in [3.8, 4) is 0 Å². The molecule has 24 heavy (non-hydrogen) atoms. The number of hydrogen-bond donors (Lipinski definition) is 1. The summed E-state index contributed by atoms with van der Waals surface area (Å²) in [6, 6.07) is 25.9. The molecular formula is C21H19NOS. The van der Waals surface area contributed by atoms with Crippen molar-refractivity contribution in [2.75, 3.05) is 5.32 Å². The zero-order chi connectivity index (χ0) is 16.8. The van der Waals surface area contributed by atoms with Crippen molar-refractivity contribution in [2.24, 2.45) is 0 Å². The summed E-state index contributed by atoms with van der Waals surface area (Å²) in [5, 5.41) is 2.99. The Morgan fingerprint density at radius 2 is 1.67 bits per heavy atom. The van der Waals surface area contributed by atoms with Crippen LogP contribution in [0.15, 0.2) is 83.8 Å². The highest BCUT2D eigenvalue weighted by atomic mass is 32.2. The topological polar surface area (TPSA) is 29.1 Å². The number of carbonyl (C=O) groups is 1. The first kappa shape index (κ1) is 16.3. The predicted octanol–water partition coefficient (Wildman–Crippen LogP) is 5.54. The molecule has 0 bridgehead atoms. The fourth-order valence-corrected chi connectivity index (χ4v) is 3.44. The third-order valence-electron chi connectivity index (χ3n) is 3.64. The Bertz CT molecular complexity index is 830. The number of carbonyl (C=O) groups excluding carboxylic acids is 1. The van der Waals surface area contributed by atoms with Gasteiger partial charge >= 0.3 is 0 Å². The molecule has 3 aromatic carbocycles. The molecule has 0 spiro atoms. The average Bonchev–Trinajstić information content (AvgIpc) is 2.61. The zero-order valence-corrected chi connectivity index (χ0v) is 14.3. The first-order chi connectivity index (χ1) is 11.7. The van der Waals surface area contributed by atoms with Gasteiger partial charge in [-0.15, -0.1) is 11.8 Å². The number of nitrogens with one attached hydrogen (secondary N) is 1. The van der Waals surface area contributed by atoms with Gasteiger partial charge in [0.05, 0.1) is 5.56 Å². The summed E-state index contributed by atoms with van der Waals surface area (Å²) >= 11 is 1.68. The smallest absolute Gasteiger partial charge is 0.256 e. The standard InChI is InChI=1S/C21H19NOS/c1-16-8-7-11-18(14-16)22-21(23)19-12-5-6-13-20(19)24-15-17-9-3-2-4-10-17/h2-14H,15H2,1H3,(H,22,23). The van der Waals surface area contributed by atoms with E-state index in [9.17, 15) is 4.79 Å². The fourth-order valence-electron chi connectivity index (χ4n) is 2.44. The number of hydrogen-bond acceptors (Lipinski definition) is 2. The number of aryl methyl sites for hydroxylation is 1. The molecule has 3 rings (SSSR count). The maximum absolute atomic E-state index is 12.6. The second-order valence-electron chi connectivity index (χ2n) is 5.59. The van der Waals surface area contributed by atoms with Gasteiger partial charge in [0, 0.05) is 16.3 Å². The van der Waals surface area contributed by atoms with Gasteiger partial charge in [-0.2, -0.15) is 0 Å². The Balaban J connectivity index is 1.74. The van der Waals surface area contributed by atoms with Gasteiger partial charge in [0.15, 0.2) is 0 Å². The number of amides is 1. The molecule has 0 radical (unpaired) electrons. The van der Waals surface area contributed by atoms with Crippen molar-refractivity contribution in [3.63, 3.8) is 0 Å². The maximum atomic E-state index is 12.6. The third-order valence-corrected chi connectivity index (χ3v) is 4.79. The molecule has 0 atom stereocenters. The molecule has 0 saturated carbocycles. The molecule has 0 heterocycles. The SMILES string of the molecule is Cc1cccc(NC(=O)c2ccccc2SCc2ccccc2)c1. The van der Waals surface area contributed by atoms with Gasteiger partial charge in [-0.25, -0.2) is 0 Å². The minimum absolute atomic E-state index is 0.0724. The third kappa shape index (κ3) is 4.27. The molecule has 0 aliphatic rings. The minimum Gasteiger partial charge on any atom is -0.322 e. The van der Waals surface area contributed by atoms with Crippen LogP contribution in [0.1, 0.15) is 21.5 Å². The van der Waals surface area contributed by atoms with Gasteiger partial charge in [0.2, 0.25) is 0 Å². The lowest BCUT2D eigenvalue weighted by Gasteiger charge is -2.10. The highest BCUT2D eigenvalue weighted by molar-refractivity contribution is 7.98. The highest BCUT2D eigenvalue weighted by Crippen LogP contribution is 2.27. The maximum Gasteiger partial charge on any atom is 0.256 e. The van der Waals surface area contributed by atoms with E-state index in [1.165, 1.54) is 5.56 Å². The van der Waals surface area contributed by atoms with Crippen LogP contribution in [0, 0.1) is 6.92 Å². The predicted molar refractivity (Wildman–Crippen MR) is 102 cm³/mol. The number of anilines is 1. The van der Waals surface area contributed by atoms with E-state index in [0.717, 1.165) is 21.9 Å². The lowest BCUT2D eigenvalue weighted by molar-refractivity contribution is 0.102. The van der Waals surface area contributed by atoms with E-state index in [0.29, 0.717) is 5.56 Å². The van der Waals surface area contributed by atoms with E-state index in [4.69, 9.17) is 0 Å². The average molecular weight is 333 g/mol. The molecule has 2 nitrogen and oxygen atoms in total. The summed E-state index contributed by atoms with van der Waals surface area (Å²) < 4.78 is 0. The van der Waals surface area contributed by atoms with Crippen LogP contribution in [0.4, 0.5) is 5.69 Å². The Morgan fingerprint density at radius 3 is 2.46 bits per heavy atom. The van der Waals surface area contributed by atoms with Gasteiger partial charge < -0.3 is 5.32 Å². The van der Waals surface area contributed by atoms with Gasteiger partial charge in [0.25, 0.3) is 5.91 Å². The van der Waals surface area contributed by atoms with Crippen LogP contribution in [0.3, 0.4) is 0 Å². The van der Waals surface area contributed by atoms with Crippen molar-refractivity contribution in [1.29, 1.82) is 0 Å². The van der Waals surface area contributed by atoms with E-state index in [1.54, 1.807) is 11.8 Å². The Hall–Kier alpha value is -2.52. The van der Waals surface area contributed by atoms with Gasteiger partial charge in [-0.3, -0.25) is 4.79 Å². The van der Waals surface area contributed by atoms with Crippen molar-refractivity contribution >= 4 is 23.4 Å². The molecule has 0 aliphatic carbocycles. The summed E-state index contributed by atoms with van der Waals surface area (Å²) in [6.45, 7) is 2.01. The van der Waals surface area contributed by atoms with Gasteiger partial charge in [0.1, 0.15) is 0 Å². The van der Waals surface area contributed by atoms with Gasteiger partial charge in [-0.1, -0.05) is 54.6 Å². The van der Waals surface area contributed by atoms with Gasteiger partial charge in [-0.05, 0) is 42.3 Å². The van der Waals surface area contributed by atoms with E-state index in [2.05, 4.69) is 17.4 Å². The molecule has 3 heteroatoms. The molecule has 120 valence electrons. The fraction of sp³-hybridized carbons (Fsp3) is 0.0952. The summed E-state index contributed by atoms with van der Waals surface area (Å²) in [4.78, 5) is 13.6. The summed E-state index contributed by atoms with van der Waals surface area (Å²) in [5.41, 5.74) is 3.90.